The Hall–Kier alpha value is -2.64. The fraction of sp³-hybridized carbons (Fsp3) is 0.522. The minimum absolute atomic E-state index is 0.0202. The number of hydrogen-bond donors (Lipinski definition) is 6. The average Bonchev–Trinajstić information content (AvgIpc) is 3.72. The number of nitrogens with one attached hydrogen (secondary N) is 2. The number of rotatable bonds is 11. The molecule has 1 aliphatic carbocycles. The summed E-state index contributed by atoms with van der Waals surface area (Å²) in [7, 11) is -10.1. The highest BCUT2D eigenvalue weighted by Gasteiger charge is 2.42. The molecular formula is C23H31FN4O10P2. The number of carbonyl (C=O) groups excluding carboxylic acids is 2. The number of amides is 1. The van der Waals surface area contributed by atoms with Crippen LogP contribution in [0.1, 0.15) is 42.1 Å². The van der Waals surface area contributed by atoms with Gasteiger partial charge in [0, 0.05) is 50.3 Å². The van der Waals surface area contributed by atoms with E-state index in [2.05, 4.69) is 10.6 Å². The molecule has 2 aromatic rings. The van der Waals surface area contributed by atoms with Gasteiger partial charge >= 0.3 is 21.2 Å². The molecule has 0 spiro atoms. The Balaban J connectivity index is 1.42. The molecule has 0 unspecified atom stereocenters. The molecule has 2 fully saturated rings. The van der Waals surface area contributed by atoms with Gasteiger partial charge in [-0.25, -0.2) is 9.18 Å². The molecule has 1 aliphatic heterocycles. The third kappa shape index (κ3) is 7.16. The fourth-order valence-corrected chi connectivity index (χ4v) is 7.22. The van der Waals surface area contributed by atoms with E-state index in [4.69, 9.17) is 24.3 Å². The molecule has 0 bridgehead atoms. The van der Waals surface area contributed by atoms with Gasteiger partial charge in [-0.3, -0.25) is 18.7 Å². The standard InChI is InChI=1S/C23H31FN4O10P2/c24-17-10-15-18(11-19(17)27-8-6-25-7-9-27)28(14-3-4-14)12-16(22(15)30)23(31)38-13-20(29)26-5-1-2-21(39(32,33)34)40(35,36)37/h10-12,14,21,25H,1-9,13H2,(H,26,29)(H2,32,33,34)(H2,35,36,37). The summed E-state index contributed by atoms with van der Waals surface area (Å²) in [6.07, 6.45) is 2.28. The summed E-state index contributed by atoms with van der Waals surface area (Å²) in [5.74, 6) is -2.46. The van der Waals surface area contributed by atoms with Crippen LogP contribution in [0.4, 0.5) is 10.1 Å². The van der Waals surface area contributed by atoms with Gasteiger partial charge in [-0.15, -0.1) is 0 Å². The van der Waals surface area contributed by atoms with Crippen LogP contribution in [0.15, 0.2) is 23.1 Å². The van der Waals surface area contributed by atoms with E-state index in [1.807, 2.05) is 4.90 Å². The van der Waals surface area contributed by atoms with Gasteiger partial charge in [-0.2, -0.15) is 0 Å². The lowest BCUT2D eigenvalue weighted by molar-refractivity contribution is -0.124. The van der Waals surface area contributed by atoms with Crippen LogP contribution in [0.3, 0.4) is 0 Å². The zero-order valence-electron chi connectivity index (χ0n) is 21.4. The molecule has 1 saturated carbocycles. The van der Waals surface area contributed by atoms with Crippen LogP contribution in [-0.4, -0.2) is 80.7 Å². The van der Waals surface area contributed by atoms with E-state index in [1.165, 1.54) is 6.20 Å². The summed E-state index contributed by atoms with van der Waals surface area (Å²) in [6.45, 7) is 1.63. The molecule has 2 aliphatic rings. The summed E-state index contributed by atoms with van der Waals surface area (Å²) < 4.78 is 44.5. The number of halogens is 1. The van der Waals surface area contributed by atoms with Gasteiger partial charge in [-0.1, -0.05) is 0 Å². The lowest BCUT2D eigenvalue weighted by Crippen LogP contribution is -2.43. The maximum atomic E-state index is 15.1. The third-order valence-corrected chi connectivity index (χ3v) is 10.7. The molecular weight excluding hydrogens is 573 g/mol. The van der Waals surface area contributed by atoms with Crippen LogP contribution >= 0.6 is 15.2 Å². The summed E-state index contributed by atoms with van der Waals surface area (Å²) in [5, 5.41) is 3.35. The predicted octanol–water partition coefficient (Wildman–Crippen LogP) is 0.620. The summed E-state index contributed by atoms with van der Waals surface area (Å²) in [4.78, 5) is 76.4. The van der Waals surface area contributed by atoms with Gasteiger partial charge in [0.2, 0.25) is 5.43 Å². The second kappa shape index (κ2) is 12.1. The molecule has 40 heavy (non-hydrogen) atoms. The van der Waals surface area contributed by atoms with E-state index in [1.54, 1.807) is 10.6 Å². The Morgan fingerprint density at radius 1 is 1.12 bits per heavy atom. The molecule has 1 amide bonds. The molecule has 4 rings (SSSR count). The third-order valence-electron chi connectivity index (χ3n) is 6.79. The van der Waals surface area contributed by atoms with Crippen molar-refractivity contribution in [2.75, 3.05) is 44.2 Å². The Kier molecular flexibility index (Phi) is 9.15. The van der Waals surface area contributed by atoms with E-state index in [-0.39, 0.29) is 30.0 Å². The van der Waals surface area contributed by atoms with Crippen LogP contribution in [0, 0.1) is 5.82 Å². The lowest BCUT2D eigenvalue weighted by Gasteiger charge is -2.30. The molecule has 0 atom stereocenters. The molecule has 17 heteroatoms. The summed E-state index contributed by atoms with van der Waals surface area (Å²) >= 11 is 0. The maximum Gasteiger partial charge on any atom is 0.344 e. The van der Waals surface area contributed by atoms with Gasteiger partial charge in [0.15, 0.2) is 12.0 Å². The largest absolute Gasteiger partial charge is 0.452 e. The smallest absolute Gasteiger partial charge is 0.344 e. The van der Waals surface area contributed by atoms with E-state index in [0.29, 0.717) is 37.4 Å². The van der Waals surface area contributed by atoms with E-state index < -0.39 is 56.7 Å². The number of anilines is 1. The van der Waals surface area contributed by atoms with Crippen molar-refractivity contribution in [2.45, 2.75) is 37.1 Å². The number of fused-ring (bicyclic) bond motifs is 1. The van der Waals surface area contributed by atoms with Gasteiger partial charge in [-0.05, 0) is 37.8 Å². The van der Waals surface area contributed by atoms with Gasteiger partial charge in [0.05, 0.1) is 11.2 Å². The zero-order chi connectivity index (χ0) is 29.2. The first-order valence-corrected chi connectivity index (χ1v) is 16.0. The highest BCUT2D eigenvalue weighted by Crippen LogP contribution is 2.61. The van der Waals surface area contributed by atoms with Crippen molar-refractivity contribution in [2.24, 2.45) is 0 Å². The normalized spacial score (nSPS) is 16.4. The second-order valence-corrected chi connectivity index (χ2v) is 13.8. The van der Waals surface area contributed by atoms with Crippen molar-refractivity contribution in [3.63, 3.8) is 0 Å². The summed E-state index contributed by atoms with van der Waals surface area (Å²) in [6, 6.07) is 2.78. The number of esters is 1. The SMILES string of the molecule is O=C(COC(=O)c1cn(C2CC2)c2cc(N3CCNCC3)c(F)cc2c1=O)NCCCC(P(=O)(O)O)P(=O)(O)O. The number of benzene rings is 1. The van der Waals surface area contributed by atoms with Crippen molar-refractivity contribution in [1.82, 2.24) is 15.2 Å². The number of carbonyl (C=O) groups is 2. The first kappa shape index (κ1) is 30.3. The highest BCUT2D eigenvalue weighted by molar-refractivity contribution is 7.70. The van der Waals surface area contributed by atoms with Crippen LogP contribution in [-0.2, 0) is 18.7 Å². The topological polar surface area (TPSA) is 208 Å². The quantitative estimate of drug-likeness (QED) is 0.119. The first-order valence-electron chi connectivity index (χ1n) is 12.7. The van der Waals surface area contributed by atoms with Gasteiger partial charge < -0.3 is 44.4 Å². The van der Waals surface area contributed by atoms with Crippen LogP contribution in [0.25, 0.3) is 10.9 Å². The molecule has 220 valence electrons. The first-order chi connectivity index (χ1) is 18.8. The van der Waals surface area contributed by atoms with Crippen molar-refractivity contribution < 1.29 is 47.4 Å². The number of aromatic nitrogens is 1. The number of nitrogens with zero attached hydrogens (tertiary/aromatic N) is 2. The maximum absolute atomic E-state index is 15.1. The number of pyridine rings is 1. The van der Waals surface area contributed by atoms with E-state index in [0.717, 1.165) is 18.9 Å². The zero-order valence-corrected chi connectivity index (χ0v) is 23.2. The van der Waals surface area contributed by atoms with Crippen LogP contribution in [0.2, 0.25) is 0 Å². The van der Waals surface area contributed by atoms with Crippen LogP contribution < -0.4 is 21.0 Å². The lowest BCUT2D eigenvalue weighted by atomic mass is 10.1. The molecule has 0 radical (unpaired) electrons. The number of ether oxygens (including phenoxy) is 1. The Morgan fingerprint density at radius 3 is 2.38 bits per heavy atom. The van der Waals surface area contributed by atoms with Gasteiger partial charge in [0.25, 0.3) is 5.91 Å². The minimum atomic E-state index is -5.07. The summed E-state index contributed by atoms with van der Waals surface area (Å²) in [5.41, 5.74) is -0.208. The molecule has 1 saturated heterocycles. The minimum Gasteiger partial charge on any atom is -0.452 e. The average molecular weight is 604 g/mol. The second-order valence-electron chi connectivity index (χ2n) is 9.80. The van der Waals surface area contributed by atoms with Crippen molar-refractivity contribution in [3.05, 3.63) is 39.9 Å². The van der Waals surface area contributed by atoms with E-state index >= 15 is 4.39 Å². The van der Waals surface area contributed by atoms with Crippen LogP contribution in [0.5, 0.6) is 0 Å². The molecule has 2 heterocycles. The number of hydrogen-bond acceptors (Lipinski definition) is 8. The Morgan fingerprint density at radius 2 is 1.77 bits per heavy atom. The Bertz CT molecular complexity index is 1420. The monoisotopic (exact) mass is 604 g/mol. The molecule has 14 nitrogen and oxygen atoms in total. The molecule has 1 aromatic heterocycles. The van der Waals surface area contributed by atoms with Crippen molar-refractivity contribution in [3.8, 4) is 0 Å². The fourth-order valence-electron chi connectivity index (χ4n) is 4.61. The Labute approximate surface area is 227 Å². The van der Waals surface area contributed by atoms with E-state index in [9.17, 15) is 23.5 Å². The molecule has 6 N–H and O–H groups in total. The van der Waals surface area contributed by atoms with Gasteiger partial charge in [0.1, 0.15) is 11.4 Å². The number of piperazine rings is 1. The van der Waals surface area contributed by atoms with Crippen molar-refractivity contribution >= 4 is 43.7 Å². The van der Waals surface area contributed by atoms with Crippen molar-refractivity contribution in [1.29, 1.82) is 0 Å². The predicted molar refractivity (Wildman–Crippen MR) is 142 cm³/mol. The highest BCUT2D eigenvalue weighted by atomic mass is 31.2. The molecule has 1 aromatic carbocycles.